The molecule has 6 rings (SSSR count). The average Bonchev–Trinajstić information content (AvgIpc) is 3.69. The first-order chi connectivity index (χ1) is 24.0. The number of aliphatic hydroxyl groups is 2. The third-order valence-corrected chi connectivity index (χ3v) is 10.6. The van der Waals surface area contributed by atoms with E-state index in [1.807, 2.05) is 99.8 Å². The lowest BCUT2D eigenvalue weighted by Crippen LogP contribution is -2.61. The summed E-state index contributed by atoms with van der Waals surface area (Å²) in [7, 11) is 0. The number of aliphatic hydroxyl groups excluding tert-OH is 2. The number of β-amino-alcohol motifs (C(OH)–C–C–N with tert-alkyl or cyclic N) is 1. The minimum Gasteiger partial charge on any atom is -0.392 e. The molecule has 4 N–H and O–H groups in total. The first kappa shape index (κ1) is 35.9. The second kappa shape index (κ2) is 16.0. The van der Waals surface area contributed by atoms with Gasteiger partial charge in [0.2, 0.25) is 11.8 Å². The maximum atomic E-state index is 13.9. The van der Waals surface area contributed by atoms with Crippen LogP contribution in [0.5, 0.6) is 0 Å². The standard InChI is InChI=1S/C40H49N5O4S/c1-40(2,3)43-39(49)33-25-44(26-36-41-23-35(50-36)28-14-8-5-9-15-28)18-19-45(33)24-31(46)21-30(20-27-12-6-4-7-13-27)38(48)42-37-32-17-11-10-16-29(32)22-34(37)47/h4-17,23,30-31,33-34,37,46-47H,18-22,24-26H2,1-3H3,(H,42,48)(H,43,49)/t30-,31-,33-,34+,37-/m0/s1. The van der Waals surface area contributed by atoms with Gasteiger partial charge < -0.3 is 20.8 Å². The Balaban J connectivity index is 1.14. The van der Waals surface area contributed by atoms with E-state index >= 15 is 0 Å². The number of piperazine rings is 1. The molecule has 4 aromatic rings. The maximum Gasteiger partial charge on any atom is 0.239 e. The van der Waals surface area contributed by atoms with Gasteiger partial charge in [0.25, 0.3) is 0 Å². The van der Waals surface area contributed by atoms with Crippen molar-refractivity contribution >= 4 is 23.2 Å². The molecule has 0 saturated carbocycles. The van der Waals surface area contributed by atoms with Gasteiger partial charge in [0.05, 0.1) is 29.7 Å². The zero-order valence-electron chi connectivity index (χ0n) is 29.2. The fourth-order valence-corrected chi connectivity index (χ4v) is 8.09. The Bertz CT molecular complexity index is 1730. The van der Waals surface area contributed by atoms with Crippen LogP contribution in [0.25, 0.3) is 10.4 Å². The Morgan fingerprint density at radius 3 is 2.42 bits per heavy atom. The minimum atomic E-state index is -0.848. The van der Waals surface area contributed by atoms with Crippen LogP contribution in [0.2, 0.25) is 0 Å². The molecule has 9 nitrogen and oxygen atoms in total. The fraction of sp³-hybridized carbons (Fsp3) is 0.425. The molecular weight excluding hydrogens is 647 g/mol. The van der Waals surface area contributed by atoms with E-state index in [0.29, 0.717) is 32.5 Å². The van der Waals surface area contributed by atoms with Crippen LogP contribution in [0.15, 0.2) is 91.1 Å². The van der Waals surface area contributed by atoms with Crippen molar-refractivity contribution in [2.75, 3.05) is 26.2 Å². The van der Waals surface area contributed by atoms with Crippen LogP contribution in [-0.4, -0.2) is 86.8 Å². The van der Waals surface area contributed by atoms with Crippen LogP contribution in [0.3, 0.4) is 0 Å². The number of hydrogen-bond acceptors (Lipinski definition) is 8. The molecule has 0 spiro atoms. The second-order valence-electron chi connectivity index (χ2n) is 14.7. The molecule has 1 saturated heterocycles. The van der Waals surface area contributed by atoms with E-state index in [1.54, 1.807) is 11.3 Å². The van der Waals surface area contributed by atoms with E-state index in [1.165, 1.54) is 0 Å². The van der Waals surface area contributed by atoms with Crippen molar-refractivity contribution in [1.29, 1.82) is 0 Å². The van der Waals surface area contributed by atoms with E-state index in [0.717, 1.165) is 38.7 Å². The topological polar surface area (TPSA) is 118 Å². The zero-order valence-corrected chi connectivity index (χ0v) is 30.0. The molecule has 1 aliphatic heterocycles. The van der Waals surface area contributed by atoms with Crippen molar-refractivity contribution in [3.63, 3.8) is 0 Å². The molecule has 0 radical (unpaired) electrons. The van der Waals surface area contributed by atoms with Crippen LogP contribution in [0, 0.1) is 5.92 Å². The largest absolute Gasteiger partial charge is 0.392 e. The third-order valence-electron chi connectivity index (χ3n) is 9.55. The smallest absolute Gasteiger partial charge is 0.239 e. The lowest BCUT2D eigenvalue weighted by atomic mass is 9.91. The summed E-state index contributed by atoms with van der Waals surface area (Å²) in [6.07, 6.45) is 1.54. The van der Waals surface area contributed by atoms with Crippen LogP contribution in [0.4, 0.5) is 0 Å². The molecular formula is C40H49N5O4S. The van der Waals surface area contributed by atoms with Crippen molar-refractivity contribution in [1.82, 2.24) is 25.4 Å². The summed E-state index contributed by atoms with van der Waals surface area (Å²) < 4.78 is 0. The van der Waals surface area contributed by atoms with Crippen LogP contribution in [-0.2, 0) is 29.0 Å². The van der Waals surface area contributed by atoms with Gasteiger partial charge in [-0.25, -0.2) is 4.98 Å². The highest BCUT2D eigenvalue weighted by Crippen LogP contribution is 2.32. The predicted octanol–water partition coefficient (Wildman–Crippen LogP) is 4.60. The number of amides is 2. The van der Waals surface area contributed by atoms with Crippen molar-refractivity contribution in [2.45, 2.75) is 76.4 Å². The molecule has 10 heteroatoms. The summed E-state index contributed by atoms with van der Waals surface area (Å²) in [5, 5.41) is 29.7. The molecule has 2 heterocycles. The summed E-state index contributed by atoms with van der Waals surface area (Å²) in [4.78, 5) is 37.8. The molecule has 0 bridgehead atoms. The van der Waals surface area contributed by atoms with E-state index in [4.69, 9.17) is 0 Å². The molecule has 1 aliphatic carbocycles. The number of nitrogens with one attached hydrogen (secondary N) is 2. The number of nitrogens with zero attached hydrogens (tertiary/aromatic N) is 3. The Hall–Kier alpha value is -3.93. The predicted molar refractivity (Wildman–Crippen MR) is 197 cm³/mol. The van der Waals surface area contributed by atoms with Crippen LogP contribution < -0.4 is 10.6 Å². The van der Waals surface area contributed by atoms with Gasteiger partial charge >= 0.3 is 0 Å². The summed E-state index contributed by atoms with van der Waals surface area (Å²) in [6, 6.07) is 26.9. The Morgan fingerprint density at radius 2 is 1.68 bits per heavy atom. The Morgan fingerprint density at radius 1 is 0.980 bits per heavy atom. The first-order valence-electron chi connectivity index (χ1n) is 17.6. The molecule has 1 fully saturated rings. The lowest BCUT2D eigenvalue weighted by Gasteiger charge is -2.42. The number of hydrogen-bond donors (Lipinski definition) is 4. The van der Waals surface area contributed by atoms with E-state index < -0.39 is 35.7 Å². The normalized spacial score (nSPS) is 20.9. The minimum absolute atomic E-state index is 0.0778. The number of aromatic nitrogens is 1. The summed E-state index contributed by atoms with van der Waals surface area (Å²) in [5.74, 6) is -0.802. The molecule has 50 heavy (non-hydrogen) atoms. The average molecular weight is 696 g/mol. The maximum absolute atomic E-state index is 13.9. The van der Waals surface area contributed by atoms with Gasteiger partial charge in [-0.1, -0.05) is 84.9 Å². The lowest BCUT2D eigenvalue weighted by molar-refractivity contribution is -0.132. The SMILES string of the molecule is CC(C)(C)NC(=O)[C@@H]1CN(Cc2ncc(-c3ccccc3)s2)CCN1C[C@@H](O)C[C@H](Cc1ccccc1)C(=O)N[C@H]1c2ccccc2C[C@H]1O. The summed E-state index contributed by atoms with van der Waals surface area (Å²) >= 11 is 1.67. The van der Waals surface area contributed by atoms with E-state index in [-0.39, 0.29) is 24.8 Å². The zero-order chi connectivity index (χ0) is 35.3. The highest BCUT2D eigenvalue weighted by molar-refractivity contribution is 7.15. The quantitative estimate of drug-likeness (QED) is 0.171. The van der Waals surface area contributed by atoms with Gasteiger partial charge in [-0.05, 0) is 55.9 Å². The molecule has 0 unspecified atom stereocenters. The second-order valence-corrected chi connectivity index (χ2v) is 15.8. The van der Waals surface area contributed by atoms with Gasteiger partial charge in [-0.3, -0.25) is 19.4 Å². The Labute approximate surface area is 299 Å². The summed E-state index contributed by atoms with van der Waals surface area (Å²) in [6.45, 7) is 8.63. The molecule has 2 aliphatic rings. The highest BCUT2D eigenvalue weighted by Gasteiger charge is 2.37. The van der Waals surface area contributed by atoms with Gasteiger partial charge in [0.1, 0.15) is 11.0 Å². The number of carbonyl (C=O) groups is 2. The molecule has 3 aromatic carbocycles. The fourth-order valence-electron chi connectivity index (χ4n) is 7.13. The van der Waals surface area contributed by atoms with Gasteiger partial charge in [-0.2, -0.15) is 0 Å². The van der Waals surface area contributed by atoms with E-state index in [9.17, 15) is 19.8 Å². The number of rotatable bonds is 12. The third kappa shape index (κ3) is 9.24. The Kier molecular flexibility index (Phi) is 11.4. The van der Waals surface area contributed by atoms with Gasteiger partial charge in [0, 0.05) is 50.3 Å². The number of benzene rings is 3. The van der Waals surface area contributed by atoms with Crippen molar-refractivity contribution in [3.05, 3.63) is 113 Å². The van der Waals surface area contributed by atoms with Crippen molar-refractivity contribution in [2.24, 2.45) is 5.92 Å². The van der Waals surface area contributed by atoms with E-state index in [2.05, 4.69) is 37.6 Å². The monoisotopic (exact) mass is 695 g/mol. The number of fused-ring (bicyclic) bond motifs is 1. The summed E-state index contributed by atoms with van der Waals surface area (Å²) in [5.41, 5.74) is 3.70. The van der Waals surface area contributed by atoms with Crippen LogP contribution in [0.1, 0.15) is 54.9 Å². The molecule has 2 amide bonds. The first-order valence-corrected chi connectivity index (χ1v) is 18.4. The van der Waals surface area contributed by atoms with Gasteiger partial charge in [-0.15, -0.1) is 11.3 Å². The van der Waals surface area contributed by atoms with Crippen molar-refractivity contribution in [3.8, 4) is 10.4 Å². The number of thiazole rings is 1. The molecule has 1 aromatic heterocycles. The van der Waals surface area contributed by atoms with Crippen LogP contribution >= 0.6 is 11.3 Å². The number of carbonyl (C=O) groups excluding carboxylic acids is 2. The molecule has 5 atom stereocenters. The van der Waals surface area contributed by atoms with Crippen molar-refractivity contribution < 1.29 is 19.8 Å². The highest BCUT2D eigenvalue weighted by atomic mass is 32.1. The van der Waals surface area contributed by atoms with Gasteiger partial charge in [0.15, 0.2) is 0 Å². The molecule has 264 valence electrons.